The summed E-state index contributed by atoms with van der Waals surface area (Å²) in [5.41, 5.74) is 2.72. The van der Waals surface area contributed by atoms with Crippen molar-refractivity contribution in [1.82, 2.24) is 4.98 Å². The second-order valence-corrected chi connectivity index (χ2v) is 5.34. The summed E-state index contributed by atoms with van der Waals surface area (Å²) in [6.45, 7) is 5.80. The zero-order valence-electron chi connectivity index (χ0n) is 10.4. The van der Waals surface area contributed by atoms with Gasteiger partial charge in [-0.3, -0.25) is 0 Å². The molecule has 4 nitrogen and oxygen atoms in total. The SMILES string of the molecule is Cc1ccc(Nc2nc(C)c(C)s2)c(C(=O)O)c1. The number of carboxylic acid groups (broad SMARTS) is 1. The highest BCUT2D eigenvalue weighted by atomic mass is 32.1. The lowest BCUT2D eigenvalue weighted by Gasteiger charge is -2.07. The van der Waals surface area contributed by atoms with Gasteiger partial charge in [0.05, 0.1) is 16.9 Å². The number of hydrogen-bond donors (Lipinski definition) is 2. The first-order valence-corrected chi connectivity index (χ1v) is 6.34. The number of aromatic nitrogens is 1. The molecule has 5 heteroatoms. The number of hydrogen-bond acceptors (Lipinski definition) is 4. The smallest absolute Gasteiger partial charge is 0.337 e. The van der Waals surface area contributed by atoms with Crippen molar-refractivity contribution in [2.45, 2.75) is 20.8 Å². The minimum Gasteiger partial charge on any atom is -0.478 e. The molecule has 0 atom stereocenters. The van der Waals surface area contributed by atoms with Gasteiger partial charge in [-0.1, -0.05) is 11.6 Å². The lowest BCUT2D eigenvalue weighted by molar-refractivity contribution is 0.0698. The highest BCUT2D eigenvalue weighted by molar-refractivity contribution is 7.15. The third-order valence-electron chi connectivity index (χ3n) is 2.68. The van der Waals surface area contributed by atoms with Crippen LogP contribution >= 0.6 is 11.3 Å². The van der Waals surface area contributed by atoms with E-state index in [9.17, 15) is 9.90 Å². The summed E-state index contributed by atoms with van der Waals surface area (Å²) >= 11 is 1.52. The number of aryl methyl sites for hydroxylation is 3. The molecule has 0 fully saturated rings. The Morgan fingerprint density at radius 1 is 1.33 bits per heavy atom. The molecule has 0 spiro atoms. The van der Waals surface area contributed by atoms with Crippen molar-refractivity contribution in [1.29, 1.82) is 0 Å². The molecule has 0 saturated heterocycles. The van der Waals surface area contributed by atoms with E-state index in [1.165, 1.54) is 11.3 Å². The molecular formula is C13H14N2O2S. The Bertz CT molecular complexity index is 586. The van der Waals surface area contributed by atoms with Crippen LogP contribution in [0.3, 0.4) is 0 Å². The largest absolute Gasteiger partial charge is 0.478 e. The Balaban J connectivity index is 2.36. The normalized spacial score (nSPS) is 10.4. The molecule has 0 aliphatic carbocycles. The summed E-state index contributed by atoms with van der Waals surface area (Å²) in [5, 5.41) is 13.0. The second-order valence-electron chi connectivity index (χ2n) is 4.14. The topological polar surface area (TPSA) is 62.2 Å². The van der Waals surface area contributed by atoms with Gasteiger partial charge in [0.1, 0.15) is 0 Å². The molecular weight excluding hydrogens is 248 g/mol. The number of carboxylic acids is 1. The Kier molecular flexibility index (Phi) is 3.34. The quantitative estimate of drug-likeness (QED) is 0.888. The molecule has 0 aliphatic heterocycles. The highest BCUT2D eigenvalue weighted by Crippen LogP contribution is 2.27. The lowest BCUT2D eigenvalue weighted by atomic mass is 10.1. The van der Waals surface area contributed by atoms with Gasteiger partial charge in [-0.15, -0.1) is 11.3 Å². The van der Waals surface area contributed by atoms with Crippen LogP contribution in [-0.2, 0) is 0 Å². The molecule has 1 aromatic heterocycles. The van der Waals surface area contributed by atoms with Gasteiger partial charge in [0.15, 0.2) is 5.13 Å². The van der Waals surface area contributed by atoms with Crippen LogP contribution < -0.4 is 5.32 Å². The number of aromatic carboxylic acids is 1. The third kappa shape index (κ3) is 2.51. The van der Waals surface area contributed by atoms with Crippen LogP contribution in [0.2, 0.25) is 0 Å². The molecule has 1 heterocycles. The Morgan fingerprint density at radius 2 is 2.06 bits per heavy atom. The maximum absolute atomic E-state index is 11.2. The van der Waals surface area contributed by atoms with Gasteiger partial charge in [0.25, 0.3) is 0 Å². The molecule has 2 rings (SSSR count). The van der Waals surface area contributed by atoms with Gasteiger partial charge >= 0.3 is 5.97 Å². The minimum absolute atomic E-state index is 0.264. The van der Waals surface area contributed by atoms with E-state index in [0.29, 0.717) is 5.69 Å². The molecule has 1 aromatic carbocycles. The van der Waals surface area contributed by atoms with Crippen molar-refractivity contribution >= 4 is 28.1 Å². The first kappa shape index (κ1) is 12.6. The molecule has 2 N–H and O–H groups in total. The summed E-state index contributed by atoms with van der Waals surface area (Å²) < 4.78 is 0. The Hall–Kier alpha value is -1.88. The molecule has 0 bridgehead atoms. The fourth-order valence-corrected chi connectivity index (χ4v) is 2.41. The van der Waals surface area contributed by atoms with Crippen LogP contribution in [0.5, 0.6) is 0 Å². The van der Waals surface area contributed by atoms with E-state index >= 15 is 0 Å². The number of anilines is 2. The number of nitrogens with zero attached hydrogens (tertiary/aromatic N) is 1. The molecule has 0 amide bonds. The number of nitrogens with one attached hydrogen (secondary N) is 1. The van der Waals surface area contributed by atoms with Crippen molar-refractivity contribution < 1.29 is 9.90 Å². The van der Waals surface area contributed by atoms with E-state index in [1.54, 1.807) is 12.1 Å². The van der Waals surface area contributed by atoms with E-state index in [0.717, 1.165) is 21.3 Å². The van der Waals surface area contributed by atoms with Crippen molar-refractivity contribution in [3.05, 3.63) is 39.9 Å². The average molecular weight is 262 g/mol. The summed E-state index contributed by atoms with van der Waals surface area (Å²) in [4.78, 5) is 16.6. The molecule has 0 aliphatic rings. The third-order valence-corrected chi connectivity index (χ3v) is 3.66. The van der Waals surface area contributed by atoms with Crippen LogP contribution in [0.25, 0.3) is 0 Å². The van der Waals surface area contributed by atoms with Crippen molar-refractivity contribution in [2.75, 3.05) is 5.32 Å². The molecule has 0 unspecified atom stereocenters. The number of benzene rings is 1. The van der Waals surface area contributed by atoms with E-state index in [1.807, 2.05) is 26.8 Å². The van der Waals surface area contributed by atoms with Crippen molar-refractivity contribution in [2.24, 2.45) is 0 Å². The van der Waals surface area contributed by atoms with Crippen LogP contribution in [0, 0.1) is 20.8 Å². The fraction of sp³-hybridized carbons (Fsp3) is 0.231. The van der Waals surface area contributed by atoms with Gasteiger partial charge in [0.2, 0.25) is 0 Å². The Labute approximate surface area is 109 Å². The van der Waals surface area contributed by atoms with Crippen molar-refractivity contribution in [3.8, 4) is 0 Å². The standard InChI is InChI=1S/C13H14N2O2S/c1-7-4-5-11(10(6-7)12(16)17)15-13-14-8(2)9(3)18-13/h4-6H,1-3H3,(H,14,15)(H,16,17). The fourth-order valence-electron chi connectivity index (χ4n) is 1.59. The van der Waals surface area contributed by atoms with E-state index in [2.05, 4.69) is 10.3 Å². The monoisotopic (exact) mass is 262 g/mol. The van der Waals surface area contributed by atoms with Gasteiger partial charge < -0.3 is 10.4 Å². The predicted octanol–water partition coefficient (Wildman–Crippen LogP) is 3.51. The number of thiazole rings is 1. The van der Waals surface area contributed by atoms with Crippen LogP contribution in [0.1, 0.15) is 26.5 Å². The molecule has 0 radical (unpaired) electrons. The van der Waals surface area contributed by atoms with Gasteiger partial charge in [0, 0.05) is 4.88 Å². The predicted molar refractivity (Wildman–Crippen MR) is 73.0 cm³/mol. The maximum atomic E-state index is 11.2. The number of rotatable bonds is 3. The van der Waals surface area contributed by atoms with Gasteiger partial charge in [-0.05, 0) is 32.9 Å². The van der Waals surface area contributed by atoms with Crippen LogP contribution in [0.4, 0.5) is 10.8 Å². The van der Waals surface area contributed by atoms with Crippen LogP contribution in [-0.4, -0.2) is 16.1 Å². The van der Waals surface area contributed by atoms with E-state index in [-0.39, 0.29) is 5.56 Å². The second kappa shape index (κ2) is 4.78. The summed E-state index contributed by atoms with van der Waals surface area (Å²) in [7, 11) is 0. The molecule has 2 aromatic rings. The van der Waals surface area contributed by atoms with Crippen molar-refractivity contribution in [3.63, 3.8) is 0 Å². The first-order valence-electron chi connectivity index (χ1n) is 5.52. The molecule has 94 valence electrons. The maximum Gasteiger partial charge on any atom is 0.337 e. The number of carbonyl (C=O) groups is 1. The zero-order valence-corrected chi connectivity index (χ0v) is 11.3. The zero-order chi connectivity index (χ0) is 13.3. The Morgan fingerprint density at radius 3 is 2.61 bits per heavy atom. The average Bonchev–Trinajstić information content (AvgIpc) is 2.60. The molecule has 18 heavy (non-hydrogen) atoms. The summed E-state index contributed by atoms with van der Waals surface area (Å²) in [6.07, 6.45) is 0. The first-order chi connectivity index (χ1) is 8.47. The van der Waals surface area contributed by atoms with Gasteiger partial charge in [-0.2, -0.15) is 0 Å². The molecule has 0 saturated carbocycles. The highest BCUT2D eigenvalue weighted by Gasteiger charge is 2.12. The minimum atomic E-state index is -0.939. The van der Waals surface area contributed by atoms with E-state index < -0.39 is 5.97 Å². The lowest BCUT2D eigenvalue weighted by Crippen LogP contribution is -2.03. The summed E-state index contributed by atoms with van der Waals surface area (Å²) in [5.74, 6) is -0.939. The summed E-state index contributed by atoms with van der Waals surface area (Å²) in [6, 6.07) is 5.30. The van der Waals surface area contributed by atoms with Crippen LogP contribution in [0.15, 0.2) is 18.2 Å². The van der Waals surface area contributed by atoms with Gasteiger partial charge in [-0.25, -0.2) is 9.78 Å². The van der Waals surface area contributed by atoms with E-state index in [4.69, 9.17) is 0 Å².